The minimum atomic E-state index is -1.08. The van der Waals surface area contributed by atoms with E-state index in [4.69, 9.17) is 5.11 Å². The number of hydrogen-bond acceptors (Lipinski definition) is 2. The van der Waals surface area contributed by atoms with Crippen LogP contribution in [0.15, 0.2) is 42.5 Å². The molecule has 0 aliphatic heterocycles. The number of carboxylic acids is 1. The number of aromatic carboxylic acids is 1. The van der Waals surface area contributed by atoms with Crippen molar-refractivity contribution in [2.75, 3.05) is 5.32 Å². The smallest absolute Gasteiger partial charge is 0.335 e. The molecule has 0 atom stereocenters. The number of aryl methyl sites for hydroxylation is 1. The van der Waals surface area contributed by atoms with Gasteiger partial charge < -0.3 is 10.4 Å². The molecule has 0 heterocycles. The predicted octanol–water partition coefficient (Wildman–Crippen LogP) is 3.01. The summed E-state index contributed by atoms with van der Waals surface area (Å²) in [6.07, 6.45) is -0.0853. The third-order valence-electron chi connectivity index (χ3n) is 3.05. The van der Waals surface area contributed by atoms with E-state index in [1.165, 1.54) is 12.1 Å². The highest BCUT2D eigenvalue weighted by molar-refractivity contribution is 5.96. The number of halogens is 1. The summed E-state index contributed by atoms with van der Waals surface area (Å²) in [5, 5.41) is 11.6. The summed E-state index contributed by atoms with van der Waals surface area (Å²) in [6.45, 7) is 1.63. The Morgan fingerprint density at radius 2 is 1.90 bits per heavy atom. The summed E-state index contributed by atoms with van der Waals surface area (Å²) in [5.41, 5.74) is 1.33. The third kappa shape index (κ3) is 3.66. The minimum Gasteiger partial charge on any atom is -0.478 e. The number of carboxylic acid groups (broad SMARTS) is 1. The predicted molar refractivity (Wildman–Crippen MR) is 76.9 cm³/mol. The Bertz CT molecular complexity index is 698. The molecule has 0 bridgehead atoms. The van der Waals surface area contributed by atoms with E-state index in [2.05, 4.69) is 5.32 Å². The standard InChI is InChI=1S/C16H14FNO3/c1-10-6-7-12(9-14(10)17)18-15(19)8-11-4-2-3-5-13(11)16(20)21/h2-7,9H,8H2,1H3,(H,18,19)(H,20,21). The van der Waals surface area contributed by atoms with Crippen molar-refractivity contribution >= 4 is 17.6 Å². The third-order valence-corrected chi connectivity index (χ3v) is 3.05. The second-order valence-corrected chi connectivity index (χ2v) is 4.65. The molecule has 2 rings (SSSR count). The van der Waals surface area contributed by atoms with Crippen LogP contribution in [0, 0.1) is 12.7 Å². The van der Waals surface area contributed by atoms with Crippen molar-refractivity contribution in [1.29, 1.82) is 0 Å². The van der Waals surface area contributed by atoms with E-state index in [9.17, 15) is 14.0 Å². The van der Waals surface area contributed by atoms with Gasteiger partial charge in [-0.1, -0.05) is 24.3 Å². The molecule has 0 fully saturated rings. The van der Waals surface area contributed by atoms with E-state index in [1.807, 2.05) is 0 Å². The van der Waals surface area contributed by atoms with Gasteiger partial charge in [0.05, 0.1) is 12.0 Å². The maximum Gasteiger partial charge on any atom is 0.335 e. The number of nitrogens with one attached hydrogen (secondary N) is 1. The number of benzene rings is 2. The number of anilines is 1. The summed E-state index contributed by atoms with van der Waals surface area (Å²) in [7, 11) is 0. The summed E-state index contributed by atoms with van der Waals surface area (Å²) < 4.78 is 13.4. The first-order chi connectivity index (χ1) is 9.97. The molecule has 108 valence electrons. The van der Waals surface area contributed by atoms with Crippen molar-refractivity contribution in [1.82, 2.24) is 0 Å². The first-order valence-electron chi connectivity index (χ1n) is 6.34. The van der Waals surface area contributed by atoms with E-state index >= 15 is 0 Å². The van der Waals surface area contributed by atoms with Crippen LogP contribution in [-0.2, 0) is 11.2 Å². The van der Waals surface area contributed by atoms with Gasteiger partial charge in [-0.3, -0.25) is 4.79 Å². The van der Waals surface area contributed by atoms with Crippen molar-refractivity contribution in [2.45, 2.75) is 13.3 Å². The van der Waals surface area contributed by atoms with E-state index in [1.54, 1.807) is 37.3 Å². The van der Waals surface area contributed by atoms with Gasteiger partial charge in [0.15, 0.2) is 0 Å². The molecule has 0 saturated heterocycles. The van der Waals surface area contributed by atoms with E-state index in [0.717, 1.165) is 0 Å². The topological polar surface area (TPSA) is 66.4 Å². The van der Waals surface area contributed by atoms with Gasteiger partial charge in [-0.15, -0.1) is 0 Å². The lowest BCUT2D eigenvalue weighted by atomic mass is 10.0. The Morgan fingerprint density at radius 3 is 2.57 bits per heavy atom. The SMILES string of the molecule is Cc1ccc(NC(=O)Cc2ccccc2C(=O)O)cc1F. The van der Waals surface area contributed by atoms with Crippen LogP contribution < -0.4 is 5.32 Å². The maximum absolute atomic E-state index is 13.4. The zero-order valence-corrected chi connectivity index (χ0v) is 11.4. The van der Waals surface area contributed by atoms with Crippen LogP contribution in [0.3, 0.4) is 0 Å². The molecule has 2 N–H and O–H groups in total. The van der Waals surface area contributed by atoms with E-state index < -0.39 is 17.7 Å². The monoisotopic (exact) mass is 287 g/mol. The normalized spacial score (nSPS) is 10.2. The van der Waals surface area contributed by atoms with Crippen LogP contribution in [0.1, 0.15) is 21.5 Å². The fourth-order valence-electron chi connectivity index (χ4n) is 1.93. The Kier molecular flexibility index (Phi) is 4.33. The van der Waals surface area contributed by atoms with Gasteiger partial charge >= 0.3 is 5.97 Å². The molecule has 2 aromatic carbocycles. The van der Waals surface area contributed by atoms with Crippen LogP contribution in [-0.4, -0.2) is 17.0 Å². The largest absolute Gasteiger partial charge is 0.478 e. The second-order valence-electron chi connectivity index (χ2n) is 4.65. The van der Waals surface area contributed by atoms with Gasteiger partial charge in [0, 0.05) is 5.69 Å². The van der Waals surface area contributed by atoms with Gasteiger partial charge in [0.2, 0.25) is 5.91 Å². The molecular formula is C16H14FNO3. The highest BCUT2D eigenvalue weighted by Crippen LogP contribution is 2.15. The zero-order chi connectivity index (χ0) is 15.4. The fourth-order valence-corrected chi connectivity index (χ4v) is 1.93. The first kappa shape index (κ1) is 14.7. The average Bonchev–Trinajstić information content (AvgIpc) is 2.43. The highest BCUT2D eigenvalue weighted by Gasteiger charge is 2.12. The lowest BCUT2D eigenvalue weighted by molar-refractivity contribution is -0.115. The van der Waals surface area contributed by atoms with Crippen LogP contribution in [0.2, 0.25) is 0 Å². The molecule has 2 aromatic rings. The van der Waals surface area contributed by atoms with Crippen molar-refractivity contribution in [2.24, 2.45) is 0 Å². The van der Waals surface area contributed by atoms with Crippen molar-refractivity contribution in [3.8, 4) is 0 Å². The Hall–Kier alpha value is -2.69. The molecule has 0 aliphatic rings. The van der Waals surface area contributed by atoms with Crippen LogP contribution in [0.5, 0.6) is 0 Å². The molecule has 0 radical (unpaired) electrons. The zero-order valence-electron chi connectivity index (χ0n) is 11.4. The molecule has 0 saturated carbocycles. The first-order valence-corrected chi connectivity index (χ1v) is 6.34. The fraction of sp³-hybridized carbons (Fsp3) is 0.125. The summed E-state index contributed by atoms with van der Waals surface area (Å²) in [4.78, 5) is 23.0. The minimum absolute atomic E-state index is 0.0853. The second kappa shape index (κ2) is 6.17. The van der Waals surface area contributed by atoms with Crippen LogP contribution in [0.4, 0.5) is 10.1 Å². The molecule has 21 heavy (non-hydrogen) atoms. The molecule has 0 aromatic heterocycles. The van der Waals surface area contributed by atoms with Gasteiger partial charge in [0.25, 0.3) is 0 Å². The summed E-state index contributed by atoms with van der Waals surface area (Å²) in [6, 6.07) is 10.7. The number of amides is 1. The molecule has 5 heteroatoms. The lowest BCUT2D eigenvalue weighted by Gasteiger charge is -2.08. The number of hydrogen-bond donors (Lipinski definition) is 2. The maximum atomic E-state index is 13.4. The molecule has 1 amide bonds. The molecule has 0 spiro atoms. The van der Waals surface area contributed by atoms with Gasteiger partial charge in [-0.25, -0.2) is 9.18 Å². The van der Waals surface area contributed by atoms with E-state index in [0.29, 0.717) is 16.8 Å². The van der Waals surface area contributed by atoms with Crippen molar-refractivity contribution < 1.29 is 19.1 Å². The van der Waals surface area contributed by atoms with Gasteiger partial charge in [-0.05, 0) is 36.2 Å². The summed E-state index contributed by atoms with van der Waals surface area (Å²) in [5.74, 6) is -1.88. The Labute approximate surface area is 121 Å². The van der Waals surface area contributed by atoms with Crippen LogP contribution >= 0.6 is 0 Å². The highest BCUT2D eigenvalue weighted by atomic mass is 19.1. The quantitative estimate of drug-likeness (QED) is 0.908. The Balaban J connectivity index is 2.12. The van der Waals surface area contributed by atoms with Gasteiger partial charge in [-0.2, -0.15) is 0 Å². The molecule has 0 unspecified atom stereocenters. The average molecular weight is 287 g/mol. The van der Waals surface area contributed by atoms with Crippen molar-refractivity contribution in [3.63, 3.8) is 0 Å². The molecular weight excluding hydrogens is 273 g/mol. The van der Waals surface area contributed by atoms with Crippen molar-refractivity contribution in [3.05, 3.63) is 65.0 Å². The summed E-state index contributed by atoms with van der Waals surface area (Å²) >= 11 is 0. The number of carbonyl (C=O) groups excluding carboxylic acids is 1. The molecule has 4 nitrogen and oxygen atoms in total. The van der Waals surface area contributed by atoms with E-state index in [-0.39, 0.29) is 12.0 Å². The van der Waals surface area contributed by atoms with Gasteiger partial charge in [0.1, 0.15) is 5.82 Å². The number of carbonyl (C=O) groups is 2. The Morgan fingerprint density at radius 1 is 1.19 bits per heavy atom. The lowest BCUT2D eigenvalue weighted by Crippen LogP contribution is -2.16. The number of rotatable bonds is 4. The molecule has 0 aliphatic carbocycles. The van der Waals surface area contributed by atoms with Crippen LogP contribution in [0.25, 0.3) is 0 Å².